The Morgan fingerprint density at radius 1 is 0.983 bits per heavy atom. The summed E-state index contributed by atoms with van der Waals surface area (Å²) in [5.41, 5.74) is 1.78. The van der Waals surface area contributed by atoms with Gasteiger partial charge in [-0.1, -0.05) is 44.6 Å². The van der Waals surface area contributed by atoms with Crippen molar-refractivity contribution >= 4 is 23.4 Å². The first-order valence-electron chi connectivity index (χ1n) is 21.2. The molecule has 1 saturated carbocycles. The zero-order chi connectivity index (χ0) is 43.5. The summed E-state index contributed by atoms with van der Waals surface area (Å²) in [5, 5.41) is 33.0. The lowest BCUT2D eigenvalue weighted by atomic mass is 9.82. The predicted molar refractivity (Wildman–Crippen MR) is 219 cm³/mol. The molecule has 330 valence electrons. The molecule has 2 saturated heterocycles. The first-order valence-corrected chi connectivity index (χ1v) is 21.2. The zero-order valence-corrected chi connectivity index (χ0v) is 36.7. The average Bonchev–Trinajstić information content (AvgIpc) is 3.19. The summed E-state index contributed by atoms with van der Waals surface area (Å²) in [6.45, 7) is 16.4. The monoisotopic (exact) mass is 820 g/mol. The second-order valence-electron chi connectivity index (χ2n) is 17.4. The summed E-state index contributed by atoms with van der Waals surface area (Å²) in [7, 11) is 4.62. The van der Waals surface area contributed by atoms with E-state index in [1.54, 1.807) is 40.9 Å². The van der Waals surface area contributed by atoms with Gasteiger partial charge in [0.2, 0.25) is 5.79 Å². The van der Waals surface area contributed by atoms with E-state index in [1.165, 1.54) is 19.1 Å². The number of methoxy groups -OCH3 is 3. The van der Waals surface area contributed by atoms with Crippen LogP contribution in [-0.4, -0.2) is 126 Å². The second kappa shape index (κ2) is 22.7. The number of hydrogen-bond acceptors (Lipinski definition) is 12. The number of ether oxygens (including phenoxy) is 5. The number of amides is 1. The van der Waals surface area contributed by atoms with Crippen LogP contribution in [0.2, 0.25) is 0 Å². The van der Waals surface area contributed by atoms with Gasteiger partial charge in [-0.15, -0.1) is 6.58 Å². The van der Waals surface area contributed by atoms with E-state index in [0.29, 0.717) is 44.9 Å². The molecule has 0 aromatic rings. The number of carbonyl (C=O) groups is 4. The van der Waals surface area contributed by atoms with Crippen molar-refractivity contribution in [3.63, 3.8) is 0 Å². The van der Waals surface area contributed by atoms with Gasteiger partial charge in [0, 0.05) is 45.6 Å². The van der Waals surface area contributed by atoms with Gasteiger partial charge >= 0.3 is 5.97 Å². The van der Waals surface area contributed by atoms with Crippen LogP contribution in [-0.2, 0) is 42.9 Å². The van der Waals surface area contributed by atoms with E-state index in [4.69, 9.17) is 23.7 Å². The topological polar surface area (TPSA) is 178 Å². The van der Waals surface area contributed by atoms with E-state index < -0.39 is 77.9 Å². The molecular formula is C45H73NO12. The Bertz CT molecular complexity index is 1460. The van der Waals surface area contributed by atoms with Crippen molar-refractivity contribution in [2.45, 2.75) is 167 Å². The van der Waals surface area contributed by atoms with Crippen molar-refractivity contribution in [2.75, 3.05) is 27.9 Å². The Morgan fingerprint density at radius 2 is 1.66 bits per heavy atom. The summed E-state index contributed by atoms with van der Waals surface area (Å²) < 4.78 is 29.6. The number of esters is 1. The minimum atomic E-state index is -2.52. The first-order chi connectivity index (χ1) is 27.3. The minimum absolute atomic E-state index is 0.0558. The van der Waals surface area contributed by atoms with Crippen LogP contribution in [0.15, 0.2) is 36.0 Å². The molecule has 58 heavy (non-hydrogen) atoms. The van der Waals surface area contributed by atoms with Crippen molar-refractivity contribution in [1.29, 1.82) is 0 Å². The fourth-order valence-corrected chi connectivity index (χ4v) is 8.99. The highest BCUT2D eigenvalue weighted by molar-refractivity contribution is 6.39. The third kappa shape index (κ3) is 12.6. The van der Waals surface area contributed by atoms with Crippen LogP contribution in [0.25, 0.3) is 0 Å². The Morgan fingerprint density at radius 3 is 2.24 bits per heavy atom. The predicted octanol–water partition coefficient (Wildman–Crippen LogP) is 5.28. The third-order valence-electron chi connectivity index (χ3n) is 12.7. The van der Waals surface area contributed by atoms with Crippen LogP contribution in [0.1, 0.15) is 113 Å². The van der Waals surface area contributed by atoms with E-state index in [2.05, 4.69) is 6.58 Å². The Kier molecular flexibility index (Phi) is 19.4. The normalized spacial score (nSPS) is 31.7. The number of rotatable bonds is 20. The number of carbonyl (C=O) groups excluding carboxylic acids is 4. The molecule has 0 aromatic carbocycles. The molecule has 0 aromatic heterocycles. The standard InChI is InChI=1S/C45H73NO12/c1-12-15-34(32(8)48)21-26(2)20-27(3)22-38(55-10)41-39(56-11)24-29(5)45(53,58-41)42(50)43(51)46-19-14-13-16-35(46)44(52)57-40(30(6)31(7)47)28(4)23-33-17-18-36(49)37(25-33)54-9/h12,21,23,27,29-31,33-41,47,49,53H,1,13-20,22,24-25H2,2-11H3/b26-21+,28-23+. The van der Waals surface area contributed by atoms with Gasteiger partial charge in [-0.2, -0.15) is 0 Å². The van der Waals surface area contributed by atoms with Gasteiger partial charge in [-0.25, -0.2) is 4.79 Å². The number of aliphatic hydroxyl groups is 3. The molecule has 0 radical (unpaired) electrons. The van der Waals surface area contributed by atoms with E-state index >= 15 is 0 Å². The fourth-order valence-electron chi connectivity index (χ4n) is 8.99. The highest BCUT2D eigenvalue weighted by Crippen LogP contribution is 2.39. The lowest BCUT2D eigenvalue weighted by Crippen LogP contribution is -2.64. The molecule has 14 unspecified atom stereocenters. The van der Waals surface area contributed by atoms with Crippen LogP contribution in [0.5, 0.6) is 0 Å². The van der Waals surface area contributed by atoms with E-state index in [-0.39, 0.29) is 49.0 Å². The smallest absolute Gasteiger partial charge is 0.329 e. The molecule has 1 aliphatic carbocycles. The molecular weight excluding hydrogens is 746 g/mol. The minimum Gasteiger partial charge on any atom is -0.456 e. The average molecular weight is 820 g/mol. The molecule has 2 heterocycles. The van der Waals surface area contributed by atoms with Crippen LogP contribution in [0, 0.1) is 29.6 Å². The molecule has 3 aliphatic rings. The van der Waals surface area contributed by atoms with Crippen molar-refractivity contribution in [2.24, 2.45) is 29.6 Å². The second-order valence-corrected chi connectivity index (χ2v) is 17.4. The molecule has 13 nitrogen and oxygen atoms in total. The van der Waals surface area contributed by atoms with Gasteiger partial charge < -0.3 is 43.9 Å². The third-order valence-corrected chi connectivity index (χ3v) is 12.7. The number of nitrogens with zero attached hydrogens (tertiary/aromatic N) is 1. The number of ketones is 2. The van der Waals surface area contributed by atoms with Crippen molar-refractivity contribution in [3.05, 3.63) is 36.0 Å². The van der Waals surface area contributed by atoms with E-state index in [1.807, 2.05) is 32.9 Å². The van der Waals surface area contributed by atoms with Crippen molar-refractivity contribution in [1.82, 2.24) is 4.90 Å². The number of aliphatic hydroxyl groups excluding tert-OH is 2. The number of allylic oxidation sites excluding steroid dienone is 4. The quantitative estimate of drug-likeness (QED) is 0.0825. The molecule has 3 N–H and O–H groups in total. The SMILES string of the molecule is C=CCC(/C=C(\C)CC(C)CC(OC)C1OC(O)(C(=O)C(=O)N2CCCCC2C(=O)OC(/C(C)=C/C2CCC(O)C(OC)C2)C(C)C(C)O)C(C)CC1OC)C(C)=O. The highest BCUT2D eigenvalue weighted by atomic mass is 16.7. The molecule has 14 atom stereocenters. The highest BCUT2D eigenvalue weighted by Gasteiger charge is 2.56. The first kappa shape index (κ1) is 49.6. The molecule has 2 aliphatic heterocycles. The van der Waals surface area contributed by atoms with Gasteiger partial charge in [0.15, 0.2) is 0 Å². The summed E-state index contributed by atoms with van der Waals surface area (Å²) in [5.74, 6) is -6.80. The zero-order valence-electron chi connectivity index (χ0n) is 36.7. The van der Waals surface area contributed by atoms with Crippen LogP contribution in [0.3, 0.4) is 0 Å². The summed E-state index contributed by atoms with van der Waals surface area (Å²) >= 11 is 0. The maximum atomic E-state index is 14.2. The van der Waals surface area contributed by atoms with Crippen molar-refractivity contribution < 1.29 is 58.2 Å². The van der Waals surface area contributed by atoms with Gasteiger partial charge in [-0.3, -0.25) is 14.4 Å². The van der Waals surface area contributed by atoms with Gasteiger partial charge in [0.05, 0.1) is 30.5 Å². The largest absolute Gasteiger partial charge is 0.456 e. The summed E-state index contributed by atoms with van der Waals surface area (Å²) in [6.07, 6.45) is 6.36. The number of piperidine rings is 1. The molecule has 3 rings (SSSR count). The maximum absolute atomic E-state index is 14.2. The lowest BCUT2D eigenvalue weighted by molar-refractivity contribution is -0.302. The van der Waals surface area contributed by atoms with Crippen molar-refractivity contribution in [3.8, 4) is 0 Å². The van der Waals surface area contributed by atoms with E-state index in [0.717, 1.165) is 17.6 Å². The van der Waals surface area contributed by atoms with Crippen LogP contribution in [0.4, 0.5) is 0 Å². The van der Waals surface area contributed by atoms with Gasteiger partial charge in [-0.05, 0) is 109 Å². The molecule has 3 fully saturated rings. The summed E-state index contributed by atoms with van der Waals surface area (Å²) in [4.78, 5) is 55.8. The molecule has 1 amide bonds. The Labute approximate surface area is 346 Å². The molecule has 0 bridgehead atoms. The fraction of sp³-hybridized carbons (Fsp3) is 0.778. The van der Waals surface area contributed by atoms with Gasteiger partial charge in [0.25, 0.3) is 11.7 Å². The van der Waals surface area contributed by atoms with E-state index in [9.17, 15) is 34.5 Å². The number of Topliss-reactive ketones (excluding diaryl/α,β-unsaturated/α-hetero) is 2. The summed E-state index contributed by atoms with van der Waals surface area (Å²) in [6, 6.07) is -1.09. The number of hydrogen-bond donors (Lipinski definition) is 3. The van der Waals surface area contributed by atoms with Crippen LogP contribution >= 0.6 is 0 Å². The lowest BCUT2D eigenvalue weighted by Gasteiger charge is -2.47. The number of likely N-dealkylation sites (tertiary alicyclic amines) is 1. The Balaban J connectivity index is 1.82. The van der Waals surface area contributed by atoms with Gasteiger partial charge in [0.1, 0.15) is 24.0 Å². The molecule has 0 spiro atoms. The Hall–Kier alpha value is -2.78. The maximum Gasteiger partial charge on any atom is 0.329 e. The molecule has 13 heteroatoms. The van der Waals surface area contributed by atoms with Crippen LogP contribution < -0.4 is 0 Å².